The molecule has 5 amide bonds. The quantitative estimate of drug-likeness (QED) is 0.0176. The number of hydrogen-bond acceptors (Lipinski definition) is 28. The summed E-state index contributed by atoms with van der Waals surface area (Å²) in [6, 6.07) is 12.8. The molecule has 5 aromatic rings. The molecule has 10 atom stereocenters. The lowest BCUT2D eigenvalue weighted by Gasteiger charge is -2.39. The van der Waals surface area contributed by atoms with E-state index in [4.69, 9.17) is 38.9 Å². The number of methoxy groups -OCH3 is 2. The second-order valence-corrected chi connectivity index (χ2v) is 37.8. The van der Waals surface area contributed by atoms with Gasteiger partial charge in [-0.05, 0) is 193 Å². The number of anilines is 3. The molecule has 5 fully saturated rings. The number of nitrogens with two attached hydrogens (primary N) is 1. The number of piperazine rings is 2. The van der Waals surface area contributed by atoms with Gasteiger partial charge in [0.15, 0.2) is 15.6 Å². The molecule has 7 aliphatic rings. The van der Waals surface area contributed by atoms with E-state index in [1.165, 1.54) is 42.6 Å². The molecule has 12 rings (SSSR count). The third kappa shape index (κ3) is 27.1. The largest absolute Gasteiger partial charge is 0.491 e. The highest BCUT2D eigenvalue weighted by molar-refractivity contribution is 7.91. The number of benzene rings is 2. The summed E-state index contributed by atoms with van der Waals surface area (Å²) in [7, 11) is -0.842. The zero-order valence-electron chi connectivity index (χ0n) is 76.3. The first-order chi connectivity index (χ1) is 62.5. The van der Waals surface area contributed by atoms with Crippen LogP contribution >= 0.6 is 0 Å². The van der Waals surface area contributed by atoms with Gasteiger partial charge in [-0.1, -0.05) is 63.3 Å². The Kier molecular flexibility index (Phi) is 35.7. The number of ketones is 2. The van der Waals surface area contributed by atoms with Crippen LogP contribution < -0.4 is 30.9 Å². The third-order valence-corrected chi connectivity index (χ3v) is 27.7. The molecule has 130 heavy (non-hydrogen) atoms. The number of aromatic nitrogens is 5. The van der Waals surface area contributed by atoms with Gasteiger partial charge in [0.25, 0.3) is 23.5 Å². The van der Waals surface area contributed by atoms with Gasteiger partial charge < -0.3 is 84.2 Å². The zero-order valence-corrected chi connectivity index (χ0v) is 77.1. The first kappa shape index (κ1) is 98.6. The van der Waals surface area contributed by atoms with Gasteiger partial charge in [-0.2, -0.15) is 0 Å². The Morgan fingerprint density at radius 2 is 1.42 bits per heavy atom. The molecular weight excluding hydrogens is 1690 g/mol. The molecule has 2 aromatic carbocycles. The number of allylic oxidation sites excluding steroid dienone is 6. The topological polar surface area (TPSA) is 410 Å². The fourth-order valence-corrected chi connectivity index (χ4v) is 19.4. The normalized spacial score (nSPS) is 26.1. The molecule has 1 aliphatic carbocycles. The average Bonchev–Trinajstić information content (AvgIpc) is 0.996. The summed E-state index contributed by atoms with van der Waals surface area (Å²) in [6.07, 6.45) is 23.1. The Morgan fingerprint density at radius 1 is 0.692 bits per heavy atom. The summed E-state index contributed by atoms with van der Waals surface area (Å²) in [5, 5.41) is 29.0. The van der Waals surface area contributed by atoms with E-state index in [1.807, 2.05) is 103 Å². The van der Waals surface area contributed by atoms with E-state index < -0.39 is 87.8 Å². The van der Waals surface area contributed by atoms with Crippen LogP contribution in [-0.4, -0.2) is 277 Å². The van der Waals surface area contributed by atoms with E-state index in [2.05, 4.69) is 40.5 Å². The van der Waals surface area contributed by atoms with Gasteiger partial charge in [0.1, 0.15) is 48.6 Å². The highest BCUT2D eigenvalue weighted by Crippen LogP contribution is 2.37. The average molecular weight is 1820 g/mol. The highest BCUT2D eigenvalue weighted by Gasteiger charge is 2.50. The van der Waals surface area contributed by atoms with E-state index in [0.29, 0.717) is 182 Å². The Hall–Kier alpha value is -10.5. The van der Waals surface area contributed by atoms with Gasteiger partial charge in [0, 0.05) is 171 Å². The Balaban J connectivity index is 0.526. The van der Waals surface area contributed by atoms with Gasteiger partial charge in [-0.3, -0.25) is 33.7 Å². The number of amides is 5. The predicted molar refractivity (Wildman–Crippen MR) is 487 cm³/mol. The van der Waals surface area contributed by atoms with Crippen molar-refractivity contribution < 1.29 is 90.1 Å². The molecule has 1 unspecified atom stereocenters. The van der Waals surface area contributed by atoms with Crippen LogP contribution in [0.25, 0.3) is 11.1 Å². The van der Waals surface area contributed by atoms with Gasteiger partial charge in [0.05, 0.1) is 54.6 Å². The van der Waals surface area contributed by atoms with Crippen molar-refractivity contribution in [3.05, 3.63) is 155 Å². The van der Waals surface area contributed by atoms with Crippen LogP contribution in [0, 0.1) is 30.6 Å². The van der Waals surface area contributed by atoms with Crippen molar-refractivity contribution in [3.8, 4) is 16.9 Å². The molecule has 1 saturated carbocycles. The Bertz CT molecular complexity index is 4940. The molecule has 33 nitrogen and oxygen atoms in total. The minimum absolute atomic E-state index is 0.00436. The van der Waals surface area contributed by atoms with Crippen molar-refractivity contribution in [3.63, 3.8) is 0 Å². The third-order valence-electron chi connectivity index (χ3n) is 26.0. The van der Waals surface area contributed by atoms with E-state index in [1.54, 1.807) is 50.5 Å². The maximum absolute atomic E-state index is 14.6. The summed E-state index contributed by atoms with van der Waals surface area (Å²) >= 11 is 0. The van der Waals surface area contributed by atoms with Crippen LogP contribution in [0.4, 0.5) is 22.5 Å². The SMILES string of the molecule is CO[C@H]1CC2CCC[C@@](O)(O2)C(=O)C(=O)N2CCCC[C@H]2C(=O)O[C@H](CCC2CCC(OC(=O)NCc3cnc(N4CCN(C(=O)CCOCCN5CCN(c6ncc(C(=O)NCCS(=O)(=O)c7ccc(C(=O)N8CCOc9ccc(-c%10ccc(N)nc%10)cc9C8)c(C)c7)cn6)CC5)CC4)nc3)CC2)CC[C@H](C)/C=C(\C)[C@@H](O)[C@@H](OC)C(=O)[C@H](C)C[C@H](C)/C=C/C=CC=C1C. The lowest BCUT2D eigenvalue weighted by atomic mass is 9.83. The van der Waals surface area contributed by atoms with E-state index >= 15 is 0 Å². The van der Waals surface area contributed by atoms with E-state index in [-0.39, 0.29) is 116 Å². The zero-order chi connectivity index (χ0) is 92.6. The maximum atomic E-state index is 14.6. The number of esters is 1. The number of rotatable bonds is 23. The number of nitrogens with one attached hydrogen (secondary N) is 2. The van der Waals surface area contributed by atoms with Crippen molar-refractivity contribution in [2.45, 2.75) is 217 Å². The summed E-state index contributed by atoms with van der Waals surface area (Å²) in [5.41, 5.74) is 11.6. The summed E-state index contributed by atoms with van der Waals surface area (Å²) < 4.78 is 69.0. The van der Waals surface area contributed by atoms with E-state index in [9.17, 15) is 57.0 Å². The fraction of sp³-hybridized carbons (Fsp3) is 0.573. The molecule has 2 bridgehead atoms. The number of nitrogen functional groups attached to an aromatic ring is 1. The van der Waals surface area contributed by atoms with Gasteiger partial charge in [-0.25, -0.2) is 42.9 Å². The standard InChI is InChI=1S/C96H130N14O19S/c1-63-15-10-9-11-16-65(3)82(123-7)55-77-17-14-34-96(120,129-77)88(114)91(117)110-36-13-12-18-80(110)92(118)127-75(25-19-64(2)52-68(6)86(113)87(124-8)85(112)67(5)51-63)26-20-69-21-27-76(28-22-69)128-95(119)104-58-70-56-100-93(101-57-70)108-43-41-106(42-44-108)84(111)33-47-125-48-45-105-37-39-107(40-38-105)94-102-60-74(61-103-94)89(115)98-35-50-130(121,122)78-29-30-79(66(4)53-78)90(116)109-46-49-126-81-31-23-71(54-73(81)62-109)72-24-32-83(97)99-59-72/h9-11,15-16,23-24,29-32,52-54,56-57,59-61,63-64,67,69,75-77,80,82,86-87,113,120H,12-14,17-22,25-28,33-51,55,58,62H2,1-8H3,(H2,97,99)(H,98,115)(H,104,119)/b11-9?,15-10+,65-16?,68-52+/t63-,64+,67-,69?,75+,76?,77?,80+,82+,86-,87+,96-/m1/s1. The van der Waals surface area contributed by atoms with Crippen molar-refractivity contribution >= 4 is 74.8 Å². The lowest BCUT2D eigenvalue weighted by molar-refractivity contribution is -0.245. The number of aliphatic hydroxyl groups excluding tert-OH is 1. The van der Waals surface area contributed by atoms with Crippen molar-refractivity contribution in [1.29, 1.82) is 0 Å². The number of hydrogen-bond donors (Lipinski definition) is 5. The fourth-order valence-electron chi connectivity index (χ4n) is 18.2. The van der Waals surface area contributed by atoms with Crippen molar-refractivity contribution in [2.24, 2.45) is 23.7 Å². The number of pyridine rings is 1. The molecule has 3 aromatic heterocycles. The number of alkyl carbamates (subject to hydrolysis) is 1. The summed E-state index contributed by atoms with van der Waals surface area (Å²) in [5.74, 6) is -4.64. The van der Waals surface area contributed by atoms with Gasteiger partial charge in [-0.15, -0.1) is 0 Å². The van der Waals surface area contributed by atoms with Gasteiger partial charge in [0.2, 0.25) is 23.6 Å². The molecule has 0 spiro atoms. The van der Waals surface area contributed by atoms with Crippen LogP contribution in [0.3, 0.4) is 0 Å². The number of cyclic esters (lactones) is 1. The minimum atomic E-state index is -3.85. The molecule has 4 saturated heterocycles. The monoisotopic (exact) mass is 1810 g/mol. The number of ether oxygens (including phenoxy) is 7. The highest BCUT2D eigenvalue weighted by atomic mass is 32.2. The molecule has 6 N–H and O–H groups in total. The summed E-state index contributed by atoms with van der Waals surface area (Å²) in [4.78, 5) is 144. The Morgan fingerprint density at radius 3 is 2.12 bits per heavy atom. The number of sulfone groups is 1. The molecule has 0 radical (unpaired) electrons. The molecule has 6 aliphatic heterocycles. The summed E-state index contributed by atoms with van der Waals surface area (Å²) in [6.45, 7) is 18.5. The Labute approximate surface area is 762 Å². The smallest absolute Gasteiger partial charge is 0.407 e. The number of carbonyl (C=O) groups excluding carboxylic acids is 8. The van der Waals surface area contributed by atoms with Crippen LogP contribution in [0.15, 0.2) is 132 Å². The first-order valence-electron chi connectivity index (χ1n) is 46.0. The molecule has 9 heterocycles. The predicted octanol–water partition coefficient (Wildman–Crippen LogP) is 9.47. The van der Waals surface area contributed by atoms with Crippen LogP contribution in [-0.2, 0) is 75.3 Å². The number of aryl methyl sites for hydroxylation is 1. The van der Waals surface area contributed by atoms with Crippen LogP contribution in [0.2, 0.25) is 0 Å². The number of fused-ring (bicyclic) bond motifs is 4. The van der Waals surface area contributed by atoms with Gasteiger partial charge >= 0.3 is 12.1 Å². The maximum Gasteiger partial charge on any atom is 0.407 e. The first-order valence-corrected chi connectivity index (χ1v) is 47.6. The van der Waals surface area contributed by atoms with Crippen LogP contribution in [0.5, 0.6) is 5.75 Å². The molecular formula is C96H130N14O19S. The number of carbonyl (C=O) groups is 8. The molecule has 34 heteroatoms. The second kappa shape index (κ2) is 47.1. The number of piperidine rings is 1. The lowest BCUT2D eigenvalue weighted by Crippen LogP contribution is -2.58. The second-order valence-electron chi connectivity index (χ2n) is 35.7. The van der Waals surface area contributed by atoms with Crippen LogP contribution in [0.1, 0.15) is 181 Å². The number of Topliss-reactive ketones (excluding diaryl/α,β-unsaturated/α-hetero) is 2. The number of aliphatic hydroxyl groups is 2. The van der Waals surface area contributed by atoms with Crippen molar-refractivity contribution in [2.75, 3.05) is 134 Å². The minimum Gasteiger partial charge on any atom is -0.491 e. The van der Waals surface area contributed by atoms with E-state index in [0.717, 1.165) is 48.2 Å². The molecule has 704 valence electrons. The number of nitrogens with zero attached hydrogens (tertiary/aromatic N) is 11. The van der Waals surface area contributed by atoms with Crippen molar-refractivity contribution in [1.82, 2.24) is 55.2 Å².